The van der Waals surface area contributed by atoms with Gasteiger partial charge in [-0.1, -0.05) is 12.1 Å². The van der Waals surface area contributed by atoms with Crippen molar-refractivity contribution in [2.24, 2.45) is 5.92 Å². The van der Waals surface area contributed by atoms with E-state index in [1.54, 1.807) is 7.05 Å². The van der Waals surface area contributed by atoms with Crippen LogP contribution in [0.2, 0.25) is 0 Å². The van der Waals surface area contributed by atoms with Gasteiger partial charge in [-0.3, -0.25) is 9.59 Å². The summed E-state index contributed by atoms with van der Waals surface area (Å²) in [6.45, 7) is 0.560. The summed E-state index contributed by atoms with van der Waals surface area (Å²) in [5.41, 5.74) is -0.270. The Morgan fingerprint density at radius 3 is 2.67 bits per heavy atom. The first-order chi connectivity index (χ1) is 12.7. The van der Waals surface area contributed by atoms with E-state index in [0.717, 1.165) is 6.07 Å². The summed E-state index contributed by atoms with van der Waals surface area (Å²) in [6.07, 6.45) is -8.77. The monoisotopic (exact) mass is 390 g/mol. The highest BCUT2D eigenvalue weighted by Gasteiger charge is 2.45. The molecular formula is C17H18F4N2O4. The molecule has 1 aromatic rings. The lowest BCUT2D eigenvalue weighted by molar-refractivity contribution is -0.253. The van der Waals surface area contributed by atoms with E-state index in [0.29, 0.717) is 0 Å². The molecule has 2 saturated heterocycles. The van der Waals surface area contributed by atoms with Gasteiger partial charge in [0.15, 0.2) is 0 Å². The first-order valence-electron chi connectivity index (χ1n) is 8.28. The molecule has 0 aliphatic carbocycles. The molecule has 0 radical (unpaired) electrons. The molecule has 0 saturated carbocycles. The van der Waals surface area contributed by atoms with E-state index in [2.05, 4.69) is 4.74 Å². The lowest BCUT2D eigenvalue weighted by Crippen LogP contribution is -2.45. The molecule has 10 heteroatoms. The number of halogens is 4. The van der Waals surface area contributed by atoms with Crippen LogP contribution in [0.3, 0.4) is 0 Å². The highest BCUT2D eigenvalue weighted by Crippen LogP contribution is 2.31. The minimum atomic E-state index is -4.73. The van der Waals surface area contributed by atoms with E-state index < -0.39 is 30.1 Å². The van der Waals surface area contributed by atoms with Gasteiger partial charge in [-0.15, -0.1) is 0 Å². The summed E-state index contributed by atoms with van der Waals surface area (Å²) in [5.74, 6) is -2.06. The van der Waals surface area contributed by atoms with Crippen LogP contribution in [0.4, 0.5) is 17.6 Å². The predicted octanol–water partition coefficient (Wildman–Crippen LogP) is 1.85. The maximum absolute atomic E-state index is 13.3. The Hall–Kier alpha value is -2.36. The van der Waals surface area contributed by atoms with E-state index in [9.17, 15) is 27.2 Å². The minimum absolute atomic E-state index is 0.0398. The summed E-state index contributed by atoms with van der Waals surface area (Å²) in [4.78, 5) is 28.1. The maximum atomic E-state index is 13.3. The minimum Gasteiger partial charge on any atom is -0.427 e. The molecule has 2 atom stereocenters. The van der Waals surface area contributed by atoms with Crippen molar-refractivity contribution >= 4 is 11.8 Å². The third kappa shape index (κ3) is 3.85. The summed E-state index contributed by atoms with van der Waals surface area (Å²) < 4.78 is 61.1. The number of rotatable bonds is 4. The molecule has 0 aromatic heterocycles. The number of carbonyl (C=O) groups is 2. The Bertz CT molecular complexity index is 731. The number of hydrogen-bond acceptors (Lipinski definition) is 4. The van der Waals surface area contributed by atoms with Crippen LogP contribution in [-0.4, -0.2) is 73.5 Å². The number of para-hydroxylation sites is 1. The molecule has 2 amide bonds. The predicted molar refractivity (Wildman–Crippen MR) is 84.8 cm³/mol. The lowest BCUT2D eigenvalue weighted by atomic mass is 10.1. The molecule has 27 heavy (non-hydrogen) atoms. The Balaban J connectivity index is 1.87. The molecule has 0 spiro atoms. The normalized spacial score (nSPS) is 23.4. The molecule has 1 aromatic carbocycles. The molecule has 2 fully saturated rings. The van der Waals surface area contributed by atoms with Gasteiger partial charge in [0, 0.05) is 20.1 Å². The van der Waals surface area contributed by atoms with Gasteiger partial charge in [-0.05, 0) is 12.1 Å². The molecule has 148 valence electrons. The van der Waals surface area contributed by atoms with Crippen molar-refractivity contribution in [3.05, 3.63) is 29.8 Å². The van der Waals surface area contributed by atoms with Crippen LogP contribution < -0.4 is 4.74 Å². The van der Waals surface area contributed by atoms with Crippen LogP contribution in [0.1, 0.15) is 10.4 Å². The van der Waals surface area contributed by atoms with Crippen LogP contribution in [-0.2, 0) is 9.53 Å². The fourth-order valence-corrected chi connectivity index (χ4v) is 3.16. The number of likely N-dealkylation sites (N-methyl/N-ethyl adjacent to an activating group) is 1. The highest BCUT2D eigenvalue weighted by molar-refractivity contribution is 5.97. The number of amides is 2. The number of fused-ring (bicyclic) bond motifs is 3. The number of carbonyl (C=O) groups excluding carboxylic acids is 2. The molecule has 2 heterocycles. The van der Waals surface area contributed by atoms with Crippen molar-refractivity contribution in [3.63, 3.8) is 0 Å². The van der Waals surface area contributed by atoms with E-state index in [4.69, 9.17) is 4.74 Å². The topological polar surface area (TPSA) is 59.1 Å². The fraction of sp³-hybridized carbons (Fsp3) is 0.529. The fourth-order valence-electron chi connectivity index (χ4n) is 3.16. The smallest absolute Gasteiger partial charge is 0.427 e. The van der Waals surface area contributed by atoms with Crippen molar-refractivity contribution in [1.82, 2.24) is 9.80 Å². The molecule has 6 nitrogen and oxygen atoms in total. The molecule has 0 unspecified atom stereocenters. The average molecular weight is 390 g/mol. The summed E-state index contributed by atoms with van der Waals surface area (Å²) in [6, 6.07) is 4.59. The van der Waals surface area contributed by atoms with Crippen molar-refractivity contribution in [2.45, 2.75) is 18.6 Å². The Morgan fingerprint density at radius 2 is 1.96 bits per heavy atom. The molecule has 3 rings (SSSR count). The van der Waals surface area contributed by atoms with Gasteiger partial charge < -0.3 is 19.3 Å². The molecule has 2 bridgehead atoms. The van der Waals surface area contributed by atoms with E-state index in [-0.39, 0.29) is 43.8 Å². The number of ether oxygens (including phenoxy) is 2. The van der Waals surface area contributed by atoms with Crippen LogP contribution >= 0.6 is 0 Å². The molecule has 2 aliphatic rings. The van der Waals surface area contributed by atoms with E-state index in [1.165, 1.54) is 28.0 Å². The first kappa shape index (κ1) is 19.4. The SMILES string of the molecule is CN1C(=O)[C@H]2COC[C@@H]1CN(C(=O)c1ccccc1OC(F)(F)C(F)F)C2. The second-order valence-corrected chi connectivity index (χ2v) is 6.51. The summed E-state index contributed by atoms with van der Waals surface area (Å²) in [7, 11) is 1.61. The zero-order valence-electron chi connectivity index (χ0n) is 14.4. The van der Waals surface area contributed by atoms with Gasteiger partial charge >= 0.3 is 12.5 Å². The number of alkyl halides is 4. The largest absolute Gasteiger partial charge is 0.461 e. The summed E-state index contributed by atoms with van der Waals surface area (Å²) >= 11 is 0. The van der Waals surface area contributed by atoms with Crippen LogP contribution in [0.15, 0.2) is 24.3 Å². The van der Waals surface area contributed by atoms with Crippen LogP contribution in [0, 0.1) is 5.92 Å². The average Bonchev–Trinajstić information content (AvgIpc) is 2.79. The second-order valence-electron chi connectivity index (χ2n) is 6.51. The van der Waals surface area contributed by atoms with Crippen molar-refractivity contribution in [1.29, 1.82) is 0 Å². The lowest BCUT2D eigenvalue weighted by Gasteiger charge is -2.30. The van der Waals surface area contributed by atoms with Crippen molar-refractivity contribution < 1.29 is 36.6 Å². The van der Waals surface area contributed by atoms with Gasteiger partial charge in [0.2, 0.25) is 5.91 Å². The third-order valence-electron chi connectivity index (χ3n) is 4.65. The van der Waals surface area contributed by atoms with Crippen molar-refractivity contribution in [3.8, 4) is 5.75 Å². The zero-order chi connectivity index (χ0) is 19.8. The van der Waals surface area contributed by atoms with E-state index in [1.807, 2.05) is 0 Å². The van der Waals surface area contributed by atoms with Gasteiger partial charge in [0.25, 0.3) is 5.91 Å². The standard InChI is InChI=1S/C17H18F4N2O4/c1-22-11-7-23(6-10(14(22)24)8-26-9-11)15(25)12-4-2-3-5-13(12)27-17(20,21)16(18)19/h2-5,10-11,16H,6-9H2,1H3/t10-,11+/m1/s1. The Morgan fingerprint density at radius 1 is 1.26 bits per heavy atom. The van der Waals surface area contributed by atoms with E-state index >= 15 is 0 Å². The molecule has 2 aliphatic heterocycles. The second kappa shape index (κ2) is 7.34. The van der Waals surface area contributed by atoms with Gasteiger partial charge in [0.1, 0.15) is 5.75 Å². The third-order valence-corrected chi connectivity index (χ3v) is 4.65. The maximum Gasteiger partial charge on any atom is 0.461 e. The van der Waals surface area contributed by atoms with Gasteiger partial charge in [0.05, 0.1) is 30.7 Å². The number of hydrogen-bond donors (Lipinski definition) is 0. The Labute approximate surface area is 152 Å². The van der Waals surface area contributed by atoms with Crippen molar-refractivity contribution in [2.75, 3.05) is 33.4 Å². The number of nitrogens with zero attached hydrogens (tertiary/aromatic N) is 2. The summed E-state index contributed by atoms with van der Waals surface area (Å²) in [5, 5.41) is 0. The highest BCUT2D eigenvalue weighted by atomic mass is 19.3. The van der Waals surface area contributed by atoms with Crippen LogP contribution in [0.5, 0.6) is 5.75 Å². The first-order valence-corrected chi connectivity index (χ1v) is 8.28. The molecule has 0 N–H and O–H groups in total. The van der Waals surface area contributed by atoms with Crippen LogP contribution in [0.25, 0.3) is 0 Å². The Kier molecular flexibility index (Phi) is 5.27. The molecular weight excluding hydrogens is 372 g/mol. The number of benzene rings is 1. The quantitative estimate of drug-likeness (QED) is 0.737. The van der Waals surface area contributed by atoms with Gasteiger partial charge in [-0.2, -0.15) is 17.6 Å². The van der Waals surface area contributed by atoms with Gasteiger partial charge in [-0.25, -0.2) is 0 Å². The zero-order valence-corrected chi connectivity index (χ0v) is 14.4.